The molecule has 1 amide bonds. The largest absolute Gasteiger partial charge is 0.366 e. The van der Waals surface area contributed by atoms with E-state index in [0.29, 0.717) is 6.08 Å². The summed E-state index contributed by atoms with van der Waals surface area (Å²) < 4.78 is 54.6. The van der Waals surface area contributed by atoms with Crippen molar-refractivity contribution < 1.29 is 27.2 Å². The first-order chi connectivity index (χ1) is 10.8. The predicted molar refractivity (Wildman–Crippen MR) is 70.4 cm³/mol. The van der Waals surface area contributed by atoms with E-state index in [1.165, 1.54) is 0 Å². The quantitative estimate of drug-likeness (QED) is 0.157. The van der Waals surface area contributed by atoms with E-state index < -0.39 is 46.2 Å². The first-order valence-corrected chi connectivity index (χ1v) is 5.92. The van der Waals surface area contributed by atoms with Crippen LogP contribution in [0.1, 0.15) is 16.8 Å². The Balaban J connectivity index is 3.55. The lowest BCUT2D eigenvalue weighted by atomic mass is 10.0. The molecule has 1 aromatic carbocycles. The van der Waals surface area contributed by atoms with Crippen LogP contribution in [0, 0.1) is 23.3 Å². The van der Waals surface area contributed by atoms with Crippen LogP contribution in [-0.4, -0.2) is 18.2 Å². The second kappa shape index (κ2) is 7.38. The minimum Gasteiger partial charge on any atom is -0.366 e. The van der Waals surface area contributed by atoms with Crippen LogP contribution in [0.4, 0.5) is 23.2 Å². The van der Waals surface area contributed by atoms with Gasteiger partial charge in [0.2, 0.25) is 5.91 Å². The average molecular weight is 331 g/mol. The smallest absolute Gasteiger partial charge is 0.244 e. The van der Waals surface area contributed by atoms with Gasteiger partial charge in [-0.05, 0) is 24.6 Å². The summed E-state index contributed by atoms with van der Waals surface area (Å²) in [5, 5.41) is 2.48. The van der Waals surface area contributed by atoms with E-state index >= 15 is 0 Å². The Hall–Kier alpha value is -2.91. The summed E-state index contributed by atoms with van der Waals surface area (Å²) in [4.78, 5) is 24.9. The maximum absolute atomic E-state index is 13.8. The van der Waals surface area contributed by atoms with Crippen LogP contribution in [0.2, 0.25) is 0 Å². The van der Waals surface area contributed by atoms with Gasteiger partial charge in [-0.15, -0.1) is 0 Å². The normalized spacial score (nSPS) is 11.1. The van der Waals surface area contributed by atoms with Crippen LogP contribution in [0.15, 0.2) is 16.8 Å². The highest BCUT2D eigenvalue weighted by molar-refractivity contribution is 6.09. The Morgan fingerprint density at radius 1 is 1.13 bits per heavy atom. The molecule has 0 aliphatic carbocycles. The summed E-state index contributed by atoms with van der Waals surface area (Å²) in [6, 6.07) is 0. The highest BCUT2D eigenvalue weighted by Crippen LogP contribution is 2.31. The fourth-order valence-electron chi connectivity index (χ4n) is 1.62. The molecular formula is C12H9F4N5O2. The van der Waals surface area contributed by atoms with Crippen LogP contribution in [0.25, 0.3) is 10.4 Å². The molecule has 0 radical (unpaired) electrons. The van der Waals surface area contributed by atoms with Gasteiger partial charge < -0.3 is 11.5 Å². The molecule has 0 saturated heterocycles. The van der Waals surface area contributed by atoms with Crippen LogP contribution in [-0.2, 0) is 4.79 Å². The number of hydrogen-bond donors (Lipinski definition) is 2. The zero-order valence-electron chi connectivity index (χ0n) is 11.3. The van der Waals surface area contributed by atoms with Crippen molar-refractivity contribution in [1.29, 1.82) is 0 Å². The van der Waals surface area contributed by atoms with Gasteiger partial charge >= 0.3 is 0 Å². The van der Waals surface area contributed by atoms with Gasteiger partial charge in [0.25, 0.3) is 0 Å². The van der Waals surface area contributed by atoms with E-state index in [4.69, 9.17) is 17.0 Å². The molecule has 11 heteroatoms. The number of primary amides is 1. The molecular weight excluding hydrogens is 322 g/mol. The van der Waals surface area contributed by atoms with E-state index in [1.54, 1.807) is 0 Å². The molecule has 0 atom stereocenters. The second-order valence-corrected chi connectivity index (χ2v) is 4.11. The molecule has 0 aromatic heterocycles. The van der Waals surface area contributed by atoms with Gasteiger partial charge in [0, 0.05) is 10.5 Å². The number of carbonyl (C=O) groups is 2. The van der Waals surface area contributed by atoms with Gasteiger partial charge in [0.15, 0.2) is 29.1 Å². The summed E-state index contributed by atoms with van der Waals surface area (Å²) in [7, 11) is 0. The molecule has 4 N–H and O–H groups in total. The molecule has 0 unspecified atom stereocenters. The molecule has 122 valence electrons. The Labute approximate surface area is 126 Å². The van der Waals surface area contributed by atoms with Gasteiger partial charge in [-0.25, -0.2) is 17.6 Å². The fourth-order valence-corrected chi connectivity index (χ4v) is 1.62. The van der Waals surface area contributed by atoms with Crippen molar-refractivity contribution in [3.05, 3.63) is 50.9 Å². The van der Waals surface area contributed by atoms with Crippen molar-refractivity contribution in [2.45, 2.75) is 6.42 Å². The van der Waals surface area contributed by atoms with Gasteiger partial charge in [-0.3, -0.25) is 9.59 Å². The lowest BCUT2D eigenvalue weighted by Crippen LogP contribution is -2.19. The van der Waals surface area contributed by atoms with Crippen molar-refractivity contribution in [3.63, 3.8) is 0 Å². The topological polar surface area (TPSA) is 135 Å². The van der Waals surface area contributed by atoms with Crippen LogP contribution >= 0.6 is 0 Å². The average Bonchev–Trinajstić information content (AvgIpc) is 2.49. The van der Waals surface area contributed by atoms with Crippen molar-refractivity contribution in [2.24, 2.45) is 16.6 Å². The van der Waals surface area contributed by atoms with Gasteiger partial charge in [-0.2, -0.15) is 0 Å². The first kappa shape index (κ1) is 18.1. The number of allylic oxidation sites excluding steroid dienone is 1. The van der Waals surface area contributed by atoms with Gasteiger partial charge in [0.05, 0.1) is 5.56 Å². The minimum atomic E-state index is -2.07. The summed E-state index contributed by atoms with van der Waals surface area (Å²) in [5.41, 5.74) is 14.7. The highest BCUT2D eigenvalue weighted by atomic mass is 19.2. The summed E-state index contributed by atoms with van der Waals surface area (Å²) in [5.74, 6) is -10.8. The molecule has 1 aromatic rings. The number of carbonyl (C=O) groups excluding carboxylic acids is 2. The third-order valence-electron chi connectivity index (χ3n) is 2.67. The number of nitrogens with two attached hydrogens (primary N) is 2. The molecule has 0 saturated carbocycles. The summed E-state index contributed by atoms with van der Waals surface area (Å²) in [6.45, 7) is -0.106. The van der Waals surface area contributed by atoms with E-state index in [2.05, 4.69) is 5.11 Å². The maximum atomic E-state index is 13.8. The number of hydrogen-bond acceptors (Lipinski definition) is 4. The lowest BCUT2D eigenvalue weighted by molar-refractivity contribution is -0.114. The fraction of sp³-hybridized carbons (Fsp3) is 0.167. The molecule has 0 fully saturated rings. The molecule has 7 nitrogen and oxygen atoms in total. The second-order valence-electron chi connectivity index (χ2n) is 4.11. The van der Waals surface area contributed by atoms with Crippen molar-refractivity contribution >= 4 is 17.4 Å². The van der Waals surface area contributed by atoms with Crippen LogP contribution in [0.3, 0.4) is 0 Å². The third-order valence-corrected chi connectivity index (χ3v) is 2.67. The number of azide groups is 1. The van der Waals surface area contributed by atoms with Gasteiger partial charge in [-0.1, -0.05) is 5.11 Å². The van der Waals surface area contributed by atoms with Crippen molar-refractivity contribution in [1.82, 2.24) is 0 Å². The number of ketones is 1. The van der Waals surface area contributed by atoms with Crippen LogP contribution < -0.4 is 11.5 Å². The zero-order chi connectivity index (χ0) is 17.7. The zero-order valence-corrected chi connectivity index (χ0v) is 11.3. The molecule has 1 rings (SSSR count). The SMILES string of the molecule is [N-]=[N+]=Nc1c(F)c(F)c(C(=O)C=C(CCN)C(N)=O)c(F)c1F. The van der Waals surface area contributed by atoms with Crippen LogP contribution in [0.5, 0.6) is 0 Å². The highest BCUT2D eigenvalue weighted by Gasteiger charge is 2.28. The number of nitrogens with zero attached hydrogens (tertiary/aromatic N) is 3. The Bertz CT molecular complexity index is 727. The summed E-state index contributed by atoms with van der Waals surface area (Å²) in [6.07, 6.45) is 0.245. The number of amides is 1. The molecule has 0 aliphatic rings. The van der Waals surface area contributed by atoms with Gasteiger partial charge in [0.1, 0.15) is 5.69 Å². The number of rotatable bonds is 6. The monoisotopic (exact) mass is 331 g/mol. The molecule has 0 aliphatic heterocycles. The number of benzene rings is 1. The van der Waals surface area contributed by atoms with Crippen molar-refractivity contribution in [2.75, 3.05) is 6.54 Å². The summed E-state index contributed by atoms with van der Waals surface area (Å²) >= 11 is 0. The molecule has 0 spiro atoms. The molecule has 0 bridgehead atoms. The lowest BCUT2D eigenvalue weighted by Gasteiger charge is -2.08. The van der Waals surface area contributed by atoms with E-state index in [9.17, 15) is 27.2 Å². The third kappa shape index (κ3) is 3.65. The van der Waals surface area contributed by atoms with E-state index in [0.717, 1.165) is 0 Å². The number of halogens is 4. The Morgan fingerprint density at radius 3 is 2.04 bits per heavy atom. The van der Waals surface area contributed by atoms with Crippen molar-refractivity contribution in [3.8, 4) is 0 Å². The van der Waals surface area contributed by atoms with E-state index in [1.807, 2.05) is 4.91 Å². The Kier molecular flexibility index (Phi) is 5.82. The standard InChI is InChI=1S/C12H9F4N5O2/c13-7-6(5(22)3-4(1-2-17)12(18)23)8(14)10(16)11(9(7)15)20-21-19/h3H,1-2,17H2,(H2,18,23). The first-order valence-electron chi connectivity index (χ1n) is 5.92. The predicted octanol–water partition coefficient (Wildman–Crippen LogP) is 2.13. The Morgan fingerprint density at radius 2 is 1.65 bits per heavy atom. The van der Waals surface area contributed by atoms with E-state index in [-0.39, 0.29) is 18.5 Å². The molecule has 23 heavy (non-hydrogen) atoms. The molecule has 0 heterocycles. The maximum Gasteiger partial charge on any atom is 0.244 e. The minimum absolute atomic E-state index is 0.106.